The maximum absolute atomic E-state index is 3.15. The summed E-state index contributed by atoms with van der Waals surface area (Å²) in [7, 11) is 0. The smallest absolute Gasteiger partial charge is 0.0105 e. The van der Waals surface area contributed by atoms with Crippen LogP contribution in [0.15, 0.2) is 54.6 Å². The minimum Gasteiger partial charge on any atom is -0.0622 e. The standard InChI is InChI=1S/C14H11/c1-3-7-13(8-4-1)11-12-14-9-5-2-6-10-14/h1-9,11-12H/b12-11+. The largest absolute Gasteiger partial charge is 0.0622 e. The highest BCUT2D eigenvalue weighted by molar-refractivity contribution is 5.69. The summed E-state index contributed by atoms with van der Waals surface area (Å²) >= 11 is 0. The molecule has 0 aliphatic rings. The van der Waals surface area contributed by atoms with Gasteiger partial charge in [0.1, 0.15) is 0 Å². The van der Waals surface area contributed by atoms with Crippen molar-refractivity contribution in [1.82, 2.24) is 0 Å². The number of benzene rings is 2. The molecule has 0 unspecified atom stereocenters. The Morgan fingerprint density at radius 2 is 1.57 bits per heavy atom. The van der Waals surface area contributed by atoms with Gasteiger partial charge in [0.15, 0.2) is 0 Å². The van der Waals surface area contributed by atoms with Crippen LogP contribution < -0.4 is 0 Å². The third-order valence-electron chi connectivity index (χ3n) is 1.99. The maximum atomic E-state index is 3.15. The summed E-state index contributed by atoms with van der Waals surface area (Å²) in [5, 5.41) is 0. The minimum absolute atomic E-state index is 1.11. The molecule has 1 radical (unpaired) electrons. The van der Waals surface area contributed by atoms with Gasteiger partial charge in [0.2, 0.25) is 0 Å². The van der Waals surface area contributed by atoms with Gasteiger partial charge in [0.05, 0.1) is 0 Å². The molecule has 0 spiro atoms. The summed E-state index contributed by atoms with van der Waals surface area (Å²) < 4.78 is 0. The lowest BCUT2D eigenvalue weighted by Crippen LogP contribution is -1.71. The second-order valence-corrected chi connectivity index (χ2v) is 3.06. The van der Waals surface area contributed by atoms with E-state index in [2.05, 4.69) is 30.4 Å². The fourth-order valence-corrected chi connectivity index (χ4v) is 1.26. The quantitative estimate of drug-likeness (QED) is 0.617. The minimum atomic E-state index is 1.11. The van der Waals surface area contributed by atoms with Crippen molar-refractivity contribution in [2.24, 2.45) is 0 Å². The third kappa shape index (κ3) is 2.33. The lowest BCUT2D eigenvalue weighted by Gasteiger charge is -1.92. The Labute approximate surface area is 84.5 Å². The molecule has 0 aliphatic heterocycles. The van der Waals surface area contributed by atoms with Crippen molar-refractivity contribution in [3.05, 3.63) is 71.8 Å². The summed E-state index contributed by atoms with van der Waals surface area (Å²) in [4.78, 5) is 0. The Kier molecular flexibility index (Phi) is 2.77. The zero-order chi connectivity index (χ0) is 9.64. The van der Waals surface area contributed by atoms with Crippen LogP contribution in [0.3, 0.4) is 0 Å². The van der Waals surface area contributed by atoms with Crippen LogP contribution >= 0.6 is 0 Å². The monoisotopic (exact) mass is 179 g/mol. The van der Waals surface area contributed by atoms with Gasteiger partial charge in [-0.15, -0.1) is 0 Å². The van der Waals surface area contributed by atoms with Crippen molar-refractivity contribution >= 4 is 12.2 Å². The van der Waals surface area contributed by atoms with E-state index in [0.29, 0.717) is 0 Å². The average molecular weight is 179 g/mol. The van der Waals surface area contributed by atoms with Gasteiger partial charge in [-0.3, -0.25) is 0 Å². The van der Waals surface area contributed by atoms with Crippen LogP contribution in [0.25, 0.3) is 12.2 Å². The summed E-state index contributed by atoms with van der Waals surface area (Å²) in [6.07, 6.45) is 4.15. The van der Waals surface area contributed by atoms with E-state index in [1.54, 1.807) is 0 Å². The van der Waals surface area contributed by atoms with Crippen LogP contribution in [0.2, 0.25) is 0 Å². The molecule has 67 valence electrons. The highest BCUT2D eigenvalue weighted by atomic mass is 13.9. The first-order valence-corrected chi connectivity index (χ1v) is 4.65. The van der Waals surface area contributed by atoms with E-state index in [0.717, 1.165) is 5.56 Å². The van der Waals surface area contributed by atoms with Crippen molar-refractivity contribution in [1.29, 1.82) is 0 Å². The average Bonchev–Trinajstić information content (AvgIpc) is 2.29. The molecule has 2 aromatic carbocycles. The molecule has 0 fully saturated rings. The van der Waals surface area contributed by atoms with Gasteiger partial charge in [-0.2, -0.15) is 0 Å². The fraction of sp³-hybridized carbons (Fsp3) is 0. The molecule has 0 bridgehead atoms. The van der Waals surface area contributed by atoms with Gasteiger partial charge in [-0.1, -0.05) is 66.7 Å². The first kappa shape index (κ1) is 8.76. The Hall–Kier alpha value is -1.82. The molecule has 2 aromatic rings. The van der Waals surface area contributed by atoms with E-state index < -0.39 is 0 Å². The second kappa shape index (κ2) is 4.43. The highest BCUT2D eigenvalue weighted by Gasteiger charge is 1.84. The van der Waals surface area contributed by atoms with E-state index >= 15 is 0 Å². The molecule has 0 N–H and O–H groups in total. The first-order valence-electron chi connectivity index (χ1n) is 4.65. The van der Waals surface area contributed by atoms with Gasteiger partial charge in [-0.25, -0.2) is 0 Å². The van der Waals surface area contributed by atoms with Crippen LogP contribution in [-0.2, 0) is 0 Å². The predicted octanol–water partition coefficient (Wildman–Crippen LogP) is 3.66. The maximum Gasteiger partial charge on any atom is -0.0105 e. The third-order valence-corrected chi connectivity index (χ3v) is 1.99. The fourth-order valence-electron chi connectivity index (χ4n) is 1.26. The van der Waals surface area contributed by atoms with Crippen LogP contribution in [0.5, 0.6) is 0 Å². The number of rotatable bonds is 2. The Morgan fingerprint density at radius 3 is 2.29 bits per heavy atom. The van der Waals surface area contributed by atoms with E-state index in [-0.39, 0.29) is 0 Å². The van der Waals surface area contributed by atoms with Gasteiger partial charge in [0.25, 0.3) is 0 Å². The Morgan fingerprint density at radius 1 is 0.786 bits per heavy atom. The van der Waals surface area contributed by atoms with Crippen LogP contribution in [0.1, 0.15) is 11.1 Å². The van der Waals surface area contributed by atoms with Crippen molar-refractivity contribution in [3.8, 4) is 0 Å². The van der Waals surface area contributed by atoms with Crippen molar-refractivity contribution in [2.75, 3.05) is 0 Å². The summed E-state index contributed by atoms with van der Waals surface area (Å²) in [6, 6.07) is 21.4. The summed E-state index contributed by atoms with van der Waals surface area (Å²) in [5.74, 6) is 0. The topological polar surface area (TPSA) is 0 Å². The van der Waals surface area contributed by atoms with Crippen LogP contribution in [-0.4, -0.2) is 0 Å². The van der Waals surface area contributed by atoms with Crippen molar-refractivity contribution in [2.45, 2.75) is 0 Å². The SMILES string of the molecule is [c]1ccccc1/C=C/c1ccccc1. The van der Waals surface area contributed by atoms with Crippen LogP contribution in [0, 0.1) is 6.07 Å². The molecule has 14 heavy (non-hydrogen) atoms. The number of hydrogen-bond acceptors (Lipinski definition) is 0. The molecular weight excluding hydrogens is 168 g/mol. The normalized spacial score (nSPS) is 10.6. The Balaban J connectivity index is 2.16. The lowest BCUT2D eigenvalue weighted by atomic mass is 10.1. The summed E-state index contributed by atoms with van der Waals surface area (Å²) in [5.41, 5.74) is 2.32. The van der Waals surface area contributed by atoms with E-state index in [9.17, 15) is 0 Å². The van der Waals surface area contributed by atoms with Crippen molar-refractivity contribution in [3.63, 3.8) is 0 Å². The second-order valence-electron chi connectivity index (χ2n) is 3.06. The molecule has 0 aromatic heterocycles. The summed E-state index contributed by atoms with van der Waals surface area (Å²) in [6.45, 7) is 0. The molecule has 0 aliphatic carbocycles. The zero-order valence-corrected chi connectivity index (χ0v) is 7.85. The molecule has 0 atom stereocenters. The zero-order valence-electron chi connectivity index (χ0n) is 7.85. The van der Waals surface area contributed by atoms with E-state index in [1.165, 1.54) is 5.56 Å². The molecule has 0 saturated carbocycles. The van der Waals surface area contributed by atoms with Crippen LogP contribution in [0.4, 0.5) is 0 Å². The lowest BCUT2D eigenvalue weighted by molar-refractivity contribution is 1.63. The molecule has 0 heterocycles. The molecule has 2 rings (SSSR count). The molecule has 0 amide bonds. The van der Waals surface area contributed by atoms with Gasteiger partial charge in [0, 0.05) is 0 Å². The molecule has 0 nitrogen and oxygen atoms in total. The molecule has 0 saturated heterocycles. The number of hydrogen-bond donors (Lipinski definition) is 0. The molecule has 0 heteroatoms. The Bertz CT molecular complexity index is 357. The van der Waals surface area contributed by atoms with Gasteiger partial charge >= 0.3 is 0 Å². The first-order chi connectivity index (χ1) is 6.95. The van der Waals surface area contributed by atoms with Gasteiger partial charge < -0.3 is 0 Å². The predicted molar refractivity (Wildman–Crippen MR) is 60.6 cm³/mol. The highest BCUT2D eigenvalue weighted by Crippen LogP contribution is 2.06. The van der Waals surface area contributed by atoms with Crippen molar-refractivity contribution < 1.29 is 0 Å². The van der Waals surface area contributed by atoms with Gasteiger partial charge in [-0.05, 0) is 17.2 Å². The molecular formula is C14H11. The van der Waals surface area contributed by atoms with E-state index in [4.69, 9.17) is 0 Å². The van der Waals surface area contributed by atoms with E-state index in [1.807, 2.05) is 42.5 Å².